The summed E-state index contributed by atoms with van der Waals surface area (Å²) in [7, 11) is 0. The second-order valence-corrected chi connectivity index (χ2v) is 10.7. The molecule has 1 aromatic carbocycles. The molecule has 1 rings (SSSR count). The summed E-state index contributed by atoms with van der Waals surface area (Å²) in [5, 5.41) is 12.1. The SMILES string of the molecule is CCCCCCCC=CCCCCCSCC(=O)NC(CC(C)C)C(=O)Oc1ccccc1C(=O)O. The van der Waals surface area contributed by atoms with E-state index in [1.165, 1.54) is 57.1 Å². The third-order valence-electron chi connectivity index (χ3n) is 5.69. The molecule has 0 saturated heterocycles. The lowest BCUT2D eigenvalue weighted by atomic mass is 10.0. The minimum atomic E-state index is -1.17. The maximum atomic E-state index is 12.7. The van der Waals surface area contributed by atoms with Gasteiger partial charge in [0.05, 0.1) is 5.75 Å². The highest BCUT2D eigenvalue weighted by atomic mass is 32.2. The van der Waals surface area contributed by atoms with Crippen LogP contribution in [0.15, 0.2) is 36.4 Å². The summed E-state index contributed by atoms with van der Waals surface area (Å²) in [5.41, 5.74) is -0.0890. The molecule has 0 saturated carbocycles. The fourth-order valence-corrected chi connectivity index (χ4v) is 4.56. The van der Waals surface area contributed by atoms with Crippen LogP contribution in [0.1, 0.15) is 102 Å². The van der Waals surface area contributed by atoms with Crippen molar-refractivity contribution in [3.05, 3.63) is 42.0 Å². The van der Waals surface area contributed by atoms with Gasteiger partial charge in [0, 0.05) is 0 Å². The van der Waals surface area contributed by atoms with Gasteiger partial charge in [-0.1, -0.05) is 77.2 Å². The van der Waals surface area contributed by atoms with Crippen LogP contribution in [0.25, 0.3) is 0 Å². The monoisotopic (exact) mass is 519 g/mol. The molecule has 36 heavy (non-hydrogen) atoms. The van der Waals surface area contributed by atoms with Gasteiger partial charge in [-0.05, 0) is 62.3 Å². The van der Waals surface area contributed by atoms with Crippen LogP contribution in [0.4, 0.5) is 0 Å². The van der Waals surface area contributed by atoms with Crippen molar-refractivity contribution >= 4 is 29.6 Å². The minimum Gasteiger partial charge on any atom is -0.478 e. The number of rotatable bonds is 20. The molecule has 0 bridgehead atoms. The second-order valence-electron chi connectivity index (χ2n) is 9.55. The number of thioether (sulfide) groups is 1. The Labute approximate surface area is 221 Å². The molecule has 1 amide bonds. The van der Waals surface area contributed by atoms with Crippen LogP contribution in [0, 0.1) is 5.92 Å². The summed E-state index contributed by atoms with van der Waals surface area (Å²) >= 11 is 1.57. The summed E-state index contributed by atoms with van der Waals surface area (Å²) in [6.07, 6.45) is 17.3. The lowest BCUT2D eigenvalue weighted by Crippen LogP contribution is -2.44. The Balaban J connectivity index is 2.28. The van der Waals surface area contributed by atoms with Gasteiger partial charge < -0.3 is 15.2 Å². The van der Waals surface area contributed by atoms with Gasteiger partial charge in [-0.25, -0.2) is 9.59 Å². The maximum absolute atomic E-state index is 12.7. The number of unbranched alkanes of at least 4 members (excludes halogenated alkanes) is 8. The Hall–Kier alpha value is -2.28. The van der Waals surface area contributed by atoms with Crippen molar-refractivity contribution in [3.63, 3.8) is 0 Å². The summed E-state index contributed by atoms with van der Waals surface area (Å²) < 4.78 is 5.35. The fraction of sp³-hybridized carbons (Fsp3) is 0.621. The number of allylic oxidation sites excluding steroid dienone is 2. The van der Waals surface area contributed by atoms with Crippen LogP contribution in [-0.4, -0.2) is 40.5 Å². The van der Waals surface area contributed by atoms with Crippen molar-refractivity contribution in [1.82, 2.24) is 5.32 Å². The molecule has 0 fully saturated rings. The number of hydrogen-bond donors (Lipinski definition) is 2. The van der Waals surface area contributed by atoms with E-state index in [1.54, 1.807) is 23.9 Å². The molecule has 0 aliphatic rings. The lowest BCUT2D eigenvalue weighted by Gasteiger charge is -2.19. The van der Waals surface area contributed by atoms with Crippen LogP contribution in [-0.2, 0) is 9.59 Å². The third kappa shape index (κ3) is 15.0. The van der Waals surface area contributed by atoms with E-state index in [2.05, 4.69) is 24.4 Å². The molecule has 0 aliphatic heterocycles. The number of esters is 1. The Morgan fingerprint density at radius 3 is 2.25 bits per heavy atom. The average molecular weight is 520 g/mol. The number of aromatic carboxylic acids is 1. The molecule has 0 spiro atoms. The van der Waals surface area contributed by atoms with E-state index in [4.69, 9.17) is 4.74 Å². The van der Waals surface area contributed by atoms with Gasteiger partial charge in [0.1, 0.15) is 17.4 Å². The van der Waals surface area contributed by atoms with Gasteiger partial charge in [0.2, 0.25) is 5.91 Å². The van der Waals surface area contributed by atoms with Crippen molar-refractivity contribution in [2.45, 2.75) is 97.4 Å². The number of amides is 1. The molecule has 6 nitrogen and oxygen atoms in total. The number of carbonyl (C=O) groups excluding carboxylic acids is 2. The van der Waals surface area contributed by atoms with E-state index in [-0.39, 0.29) is 28.9 Å². The first-order chi connectivity index (χ1) is 17.3. The molecule has 1 atom stereocenters. The van der Waals surface area contributed by atoms with Crippen molar-refractivity contribution in [2.24, 2.45) is 5.92 Å². The molecule has 0 aliphatic carbocycles. The number of ether oxygens (including phenoxy) is 1. The average Bonchev–Trinajstić information content (AvgIpc) is 2.83. The molecule has 202 valence electrons. The third-order valence-corrected chi connectivity index (χ3v) is 6.73. The van der Waals surface area contributed by atoms with Crippen molar-refractivity contribution in [2.75, 3.05) is 11.5 Å². The number of hydrogen-bond acceptors (Lipinski definition) is 5. The summed E-state index contributed by atoms with van der Waals surface area (Å²) in [6, 6.07) is 5.17. The van der Waals surface area contributed by atoms with Crippen molar-refractivity contribution in [3.8, 4) is 5.75 Å². The van der Waals surface area contributed by atoms with Crippen molar-refractivity contribution in [1.29, 1.82) is 0 Å². The van der Waals surface area contributed by atoms with Gasteiger partial charge in [-0.15, -0.1) is 0 Å². The first kappa shape index (κ1) is 31.7. The molecule has 0 heterocycles. The van der Waals surface area contributed by atoms with Crippen LogP contribution >= 0.6 is 11.8 Å². The number of carbonyl (C=O) groups is 3. The zero-order valence-electron chi connectivity index (χ0n) is 22.3. The number of benzene rings is 1. The van der Waals surface area contributed by atoms with Crippen LogP contribution < -0.4 is 10.1 Å². The molecule has 2 N–H and O–H groups in total. The second kappa shape index (κ2) is 19.9. The highest BCUT2D eigenvalue weighted by Gasteiger charge is 2.25. The summed E-state index contributed by atoms with van der Waals surface area (Å²) in [6.45, 7) is 6.15. The van der Waals surface area contributed by atoms with Crippen molar-refractivity contribution < 1.29 is 24.2 Å². The minimum absolute atomic E-state index is 0.0193. The molecule has 1 aromatic rings. The molecule has 1 unspecified atom stereocenters. The van der Waals surface area contributed by atoms with Gasteiger partial charge in [0.15, 0.2) is 0 Å². The Bertz CT molecular complexity index is 809. The molecule has 0 aromatic heterocycles. The van der Waals surface area contributed by atoms with E-state index in [0.29, 0.717) is 6.42 Å². The predicted molar refractivity (Wildman–Crippen MR) is 149 cm³/mol. The zero-order valence-corrected chi connectivity index (χ0v) is 23.1. The van der Waals surface area contributed by atoms with E-state index in [0.717, 1.165) is 25.0 Å². The van der Waals surface area contributed by atoms with Gasteiger partial charge in [-0.3, -0.25) is 4.79 Å². The van der Waals surface area contributed by atoms with Crippen LogP contribution in [0.5, 0.6) is 5.75 Å². The molecule has 7 heteroatoms. The topological polar surface area (TPSA) is 92.7 Å². The van der Waals surface area contributed by atoms with E-state index >= 15 is 0 Å². The molecule has 0 radical (unpaired) electrons. The van der Waals surface area contributed by atoms with E-state index in [1.807, 2.05) is 13.8 Å². The lowest BCUT2D eigenvalue weighted by molar-refractivity contribution is -0.139. The summed E-state index contributed by atoms with van der Waals surface area (Å²) in [4.78, 5) is 36.5. The number of carboxylic acids is 1. The first-order valence-electron chi connectivity index (χ1n) is 13.4. The fourth-order valence-electron chi connectivity index (χ4n) is 3.74. The molecular formula is C29H45NO5S. The standard InChI is InChI=1S/C29H45NO5S/c1-4-5-6-7-8-9-10-11-12-13-14-17-20-36-22-27(31)30-25(21-23(2)3)29(34)35-26-19-16-15-18-24(26)28(32)33/h10-11,15-16,18-19,23,25H,4-9,12-14,17,20-22H2,1-3H3,(H,30,31)(H,32,33). The molecular weight excluding hydrogens is 474 g/mol. The van der Waals surface area contributed by atoms with Crippen LogP contribution in [0.2, 0.25) is 0 Å². The van der Waals surface area contributed by atoms with E-state index < -0.39 is 18.0 Å². The summed E-state index contributed by atoms with van der Waals surface area (Å²) in [5.74, 6) is -0.714. The Kier molecular flexibility index (Phi) is 17.5. The quantitative estimate of drug-likeness (QED) is 0.0831. The number of nitrogens with one attached hydrogen (secondary N) is 1. The zero-order chi connectivity index (χ0) is 26.6. The van der Waals surface area contributed by atoms with Gasteiger partial charge in [0.25, 0.3) is 0 Å². The number of para-hydroxylation sites is 1. The highest BCUT2D eigenvalue weighted by Crippen LogP contribution is 2.19. The van der Waals surface area contributed by atoms with Gasteiger partial charge in [-0.2, -0.15) is 11.8 Å². The maximum Gasteiger partial charge on any atom is 0.339 e. The predicted octanol–water partition coefficient (Wildman–Crippen LogP) is 7.03. The Morgan fingerprint density at radius 2 is 1.61 bits per heavy atom. The normalized spacial score (nSPS) is 12.1. The smallest absolute Gasteiger partial charge is 0.339 e. The van der Waals surface area contributed by atoms with Crippen LogP contribution in [0.3, 0.4) is 0 Å². The Morgan fingerprint density at radius 1 is 0.972 bits per heavy atom. The highest BCUT2D eigenvalue weighted by molar-refractivity contribution is 7.99. The van der Waals surface area contributed by atoms with E-state index in [9.17, 15) is 19.5 Å². The largest absolute Gasteiger partial charge is 0.478 e. The first-order valence-corrected chi connectivity index (χ1v) is 14.6. The van der Waals surface area contributed by atoms with Gasteiger partial charge >= 0.3 is 11.9 Å². The number of carboxylic acid groups (broad SMARTS) is 1.